The van der Waals surface area contributed by atoms with Gasteiger partial charge in [-0.05, 0) is 46.1 Å². The van der Waals surface area contributed by atoms with E-state index in [0.717, 1.165) is 36.9 Å². The van der Waals surface area contributed by atoms with E-state index in [0.29, 0.717) is 5.82 Å². The summed E-state index contributed by atoms with van der Waals surface area (Å²) in [6.07, 6.45) is 3.48. The number of hydrazine groups is 1. The number of nitrogens with one attached hydrogen (secondary N) is 1. The quantitative estimate of drug-likeness (QED) is 0.610. The smallest absolute Gasteiger partial charge is 0.411 e. The van der Waals surface area contributed by atoms with E-state index in [1.807, 2.05) is 31.7 Å². The highest BCUT2D eigenvalue weighted by Gasteiger charge is 2.42. The van der Waals surface area contributed by atoms with Gasteiger partial charge in [0.25, 0.3) is 0 Å². The second-order valence-electron chi connectivity index (χ2n) is 6.97. The molecule has 2 atom stereocenters. The number of anilines is 1. The number of rotatable bonds is 1. The van der Waals surface area contributed by atoms with Gasteiger partial charge in [0.15, 0.2) is 5.82 Å². The summed E-state index contributed by atoms with van der Waals surface area (Å²) in [4.78, 5) is 14.5. The molecule has 2 aliphatic heterocycles. The first kappa shape index (κ1) is 15.0. The minimum absolute atomic E-state index is 0.0000463. The van der Waals surface area contributed by atoms with Crippen LogP contribution in [0.2, 0.25) is 0 Å². The van der Waals surface area contributed by atoms with Gasteiger partial charge in [-0.25, -0.2) is 10.6 Å². The van der Waals surface area contributed by atoms with Crippen molar-refractivity contribution >= 4 is 11.9 Å². The molecule has 0 spiro atoms. The van der Waals surface area contributed by atoms with Crippen LogP contribution in [0.1, 0.15) is 57.3 Å². The largest absolute Gasteiger partial charge is 0.444 e. The van der Waals surface area contributed by atoms with Crippen LogP contribution in [0.4, 0.5) is 10.6 Å². The Morgan fingerprint density at radius 2 is 2.18 bits per heavy atom. The Kier molecular flexibility index (Phi) is 3.68. The van der Waals surface area contributed by atoms with Gasteiger partial charge in [0.2, 0.25) is 0 Å². The molecule has 1 aromatic rings. The molecule has 7 heteroatoms. The zero-order valence-corrected chi connectivity index (χ0v) is 13.3. The fourth-order valence-corrected chi connectivity index (χ4v) is 3.35. The zero-order chi connectivity index (χ0) is 15.9. The number of nitrogen functional groups attached to an aromatic ring is 1. The molecule has 1 fully saturated rings. The van der Waals surface area contributed by atoms with Crippen LogP contribution in [-0.2, 0) is 11.2 Å². The maximum Gasteiger partial charge on any atom is 0.411 e. The molecule has 3 heterocycles. The molecule has 2 unspecified atom stereocenters. The Balaban J connectivity index is 1.94. The Morgan fingerprint density at radius 1 is 1.41 bits per heavy atom. The summed E-state index contributed by atoms with van der Waals surface area (Å²) < 4.78 is 5.60. The molecule has 0 saturated carbocycles. The van der Waals surface area contributed by atoms with Crippen LogP contribution in [0.15, 0.2) is 6.07 Å². The van der Waals surface area contributed by atoms with Gasteiger partial charge >= 0.3 is 6.09 Å². The van der Waals surface area contributed by atoms with E-state index >= 15 is 0 Å². The average Bonchev–Trinajstić information content (AvgIpc) is 2.44. The molecule has 120 valence electrons. The summed E-state index contributed by atoms with van der Waals surface area (Å²) in [7, 11) is 0. The second-order valence-corrected chi connectivity index (χ2v) is 6.97. The lowest BCUT2D eigenvalue weighted by Gasteiger charge is -2.46. The van der Waals surface area contributed by atoms with Gasteiger partial charge in [-0.2, -0.15) is 5.10 Å². The first-order valence-electron chi connectivity index (χ1n) is 7.73. The predicted molar refractivity (Wildman–Crippen MR) is 82.0 cm³/mol. The lowest BCUT2D eigenvalue weighted by Crippen LogP contribution is -2.51. The number of hydrogen-bond donors (Lipinski definition) is 2. The van der Waals surface area contributed by atoms with Crippen LogP contribution in [-0.4, -0.2) is 32.8 Å². The van der Waals surface area contributed by atoms with E-state index in [2.05, 4.69) is 15.6 Å². The fraction of sp³-hybridized carbons (Fsp3) is 0.667. The number of carbonyl (C=O) groups is 1. The Hall–Kier alpha value is -1.89. The minimum atomic E-state index is -0.494. The van der Waals surface area contributed by atoms with Crippen molar-refractivity contribution < 1.29 is 9.53 Å². The monoisotopic (exact) mass is 305 g/mol. The number of nitrogens with two attached hydrogens (primary N) is 1. The van der Waals surface area contributed by atoms with Crippen LogP contribution < -0.4 is 11.3 Å². The highest BCUT2D eigenvalue weighted by atomic mass is 16.6. The molecule has 2 aliphatic rings. The third-order valence-electron chi connectivity index (χ3n) is 4.19. The van der Waals surface area contributed by atoms with Gasteiger partial charge in [0.1, 0.15) is 5.60 Å². The maximum absolute atomic E-state index is 12.6. The second kappa shape index (κ2) is 5.39. The lowest BCUT2D eigenvalue weighted by molar-refractivity contribution is -0.0101. The minimum Gasteiger partial charge on any atom is -0.444 e. The first-order chi connectivity index (χ1) is 10.4. The Labute approximate surface area is 130 Å². The highest BCUT2D eigenvalue weighted by molar-refractivity contribution is 5.70. The summed E-state index contributed by atoms with van der Waals surface area (Å²) in [5.41, 5.74) is 4.03. The molecule has 2 bridgehead atoms. The molecule has 0 aromatic carbocycles. The SMILES string of the molecule is CC(C)(C)OC(=O)N1C2CCCC1c1cc(NN)nnc1C2. The normalized spacial score (nSPS) is 23.7. The van der Waals surface area contributed by atoms with Crippen LogP contribution in [0.25, 0.3) is 0 Å². The zero-order valence-electron chi connectivity index (χ0n) is 13.3. The van der Waals surface area contributed by atoms with E-state index in [9.17, 15) is 4.79 Å². The number of nitrogens with zero attached hydrogens (tertiary/aromatic N) is 3. The third-order valence-corrected chi connectivity index (χ3v) is 4.19. The van der Waals surface area contributed by atoms with E-state index in [1.54, 1.807) is 0 Å². The standard InChI is InChI=1S/C15H23N5O2/c1-15(2,3)22-14(21)20-9-5-4-6-12(20)10-8-13(17-16)19-18-11(10)7-9/h8-9,12H,4-7,16H2,1-3H3,(H,17,19). The average molecular weight is 305 g/mol. The molecule has 7 nitrogen and oxygen atoms in total. The van der Waals surface area contributed by atoms with Crippen molar-refractivity contribution in [3.05, 3.63) is 17.3 Å². The van der Waals surface area contributed by atoms with Crippen LogP contribution in [0.5, 0.6) is 0 Å². The Bertz CT molecular complexity index is 584. The molecular formula is C15H23N5O2. The predicted octanol–water partition coefficient (Wildman–Crippen LogP) is 2.15. The van der Waals surface area contributed by atoms with Crippen molar-refractivity contribution in [2.24, 2.45) is 5.84 Å². The van der Waals surface area contributed by atoms with Crippen molar-refractivity contribution in [2.75, 3.05) is 5.43 Å². The highest BCUT2D eigenvalue weighted by Crippen LogP contribution is 2.42. The van der Waals surface area contributed by atoms with E-state index in [-0.39, 0.29) is 18.2 Å². The summed E-state index contributed by atoms with van der Waals surface area (Å²) >= 11 is 0. The molecule has 3 N–H and O–H groups in total. The van der Waals surface area contributed by atoms with Gasteiger partial charge in [-0.15, -0.1) is 5.10 Å². The van der Waals surface area contributed by atoms with Gasteiger partial charge in [0.05, 0.1) is 11.7 Å². The molecule has 1 amide bonds. The molecule has 0 radical (unpaired) electrons. The van der Waals surface area contributed by atoms with Crippen LogP contribution >= 0.6 is 0 Å². The summed E-state index contributed by atoms with van der Waals surface area (Å²) in [6, 6.07) is 2.04. The fourth-order valence-electron chi connectivity index (χ4n) is 3.35. The summed E-state index contributed by atoms with van der Waals surface area (Å²) in [6.45, 7) is 5.67. The number of piperidine rings is 1. The van der Waals surface area contributed by atoms with E-state index in [4.69, 9.17) is 10.6 Å². The number of fused-ring (bicyclic) bond motifs is 4. The first-order valence-corrected chi connectivity index (χ1v) is 7.73. The summed E-state index contributed by atoms with van der Waals surface area (Å²) in [5, 5.41) is 8.32. The van der Waals surface area contributed by atoms with Gasteiger partial charge < -0.3 is 10.2 Å². The van der Waals surface area contributed by atoms with Crippen LogP contribution in [0, 0.1) is 0 Å². The van der Waals surface area contributed by atoms with Gasteiger partial charge in [0, 0.05) is 18.0 Å². The van der Waals surface area contributed by atoms with Crippen molar-refractivity contribution in [2.45, 2.75) is 64.1 Å². The number of hydrogen-bond acceptors (Lipinski definition) is 6. The lowest BCUT2D eigenvalue weighted by atomic mass is 9.83. The van der Waals surface area contributed by atoms with Crippen molar-refractivity contribution in [1.82, 2.24) is 15.1 Å². The third kappa shape index (κ3) is 2.72. The molecule has 22 heavy (non-hydrogen) atoms. The van der Waals surface area contributed by atoms with Crippen LogP contribution in [0.3, 0.4) is 0 Å². The van der Waals surface area contributed by atoms with E-state index < -0.39 is 5.60 Å². The summed E-state index contributed by atoms with van der Waals surface area (Å²) in [5.74, 6) is 5.95. The number of amides is 1. The maximum atomic E-state index is 12.6. The topological polar surface area (TPSA) is 93.4 Å². The molecule has 3 rings (SSSR count). The molecule has 1 aromatic heterocycles. The number of ether oxygens (including phenoxy) is 1. The van der Waals surface area contributed by atoms with Crippen molar-refractivity contribution in [3.8, 4) is 0 Å². The molecule has 0 aliphatic carbocycles. The molecule has 1 saturated heterocycles. The van der Waals surface area contributed by atoms with Gasteiger partial charge in [-0.1, -0.05) is 0 Å². The number of aromatic nitrogens is 2. The number of carbonyl (C=O) groups excluding carboxylic acids is 1. The van der Waals surface area contributed by atoms with Gasteiger partial charge in [-0.3, -0.25) is 4.90 Å². The van der Waals surface area contributed by atoms with Crippen molar-refractivity contribution in [3.63, 3.8) is 0 Å². The van der Waals surface area contributed by atoms with Crippen molar-refractivity contribution in [1.29, 1.82) is 0 Å². The van der Waals surface area contributed by atoms with E-state index in [1.165, 1.54) is 0 Å². The Morgan fingerprint density at radius 3 is 2.86 bits per heavy atom. The molecular weight excluding hydrogens is 282 g/mol.